The second kappa shape index (κ2) is 5.56. The summed E-state index contributed by atoms with van der Waals surface area (Å²) in [6.45, 7) is 8.02. The van der Waals surface area contributed by atoms with Crippen LogP contribution in [0, 0.1) is 6.92 Å². The van der Waals surface area contributed by atoms with Crippen LogP contribution in [0.3, 0.4) is 0 Å². The van der Waals surface area contributed by atoms with Crippen molar-refractivity contribution in [3.63, 3.8) is 0 Å². The van der Waals surface area contributed by atoms with E-state index in [0.717, 1.165) is 5.56 Å². The van der Waals surface area contributed by atoms with Gasteiger partial charge in [-0.25, -0.2) is 4.98 Å². The molecule has 2 aliphatic rings. The molecule has 0 N–H and O–H groups in total. The molecular formula is C20H18F3N9+2. The van der Waals surface area contributed by atoms with Crippen LogP contribution in [0.5, 0.6) is 0 Å². The zero-order valence-corrected chi connectivity index (χ0v) is 17.6. The lowest BCUT2D eigenvalue weighted by Gasteiger charge is -2.19. The van der Waals surface area contributed by atoms with Crippen molar-refractivity contribution in [2.75, 3.05) is 0 Å². The molecule has 0 aliphatic carbocycles. The van der Waals surface area contributed by atoms with Crippen LogP contribution >= 0.6 is 0 Å². The summed E-state index contributed by atoms with van der Waals surface area (Å²) in [5.74, 6) is -1.58. The van der Waals surface area contributed by atoms with E-state index in [1.54, 1.807) is 28.6 Å². The van der Waals surface area contributed by atoms with Crippen LogP contribution in [-0.2, 0) is 17.5 Å². The molecule has 0 bridgehead atoms. The SMILES string of the molecule is Cc1nc2n(n1)C1(n3nc(C(F)(F)F)nc3-c3cncc[n+]31)[n+]1ccc(C(C)(C)C)cc1-2. The van der Waals surface area contributed by atoms with Crippen LogP contribution in [0.25, 0.3) is 23.0 Å². The Balaban J connectivity index is 1.76. The van der Waals surface area contributed by atoms with Crippen LogP contribution in [0.1, 0.15) is 38.0 Å². The Hall–Kier alpha value is -3.70. The quantitative estimate of drug-likeness (QED) is 0.335. The lowest BCUT2D eigenvalue weighted by atomic mass is 9.87. The summed E-state index contributed by atoms with van der Waals surface area (Å²) in [5, 5.41) is 8.49. The lowest BCUT2D eigenvalue weighted by Crippen LogP contribution is -2.77. The van der Waals surface area contributed by atoms with Crippen molar-refractivity contribution in [1.29, 1.82) is 0 Å². The van der Waals surface area contributed by atoms with E-state index in [9.17, 15) is 13.2 Å². The summed E-state index contributed by atoms with van der Waals surface area (Å²) in [6.07, 6.45) is 1.85. The number of hydrogen-bond donors (Lipinski definition) is 0. The topological polar surface area (TPSA) is 82.1 Å². The number of alkyl halides is 3. The predicted octanol–water partition coefficient (Wildman–Crippen LogP) is 1.64. The van der Waals surface area contributed by atoms with E-state index < -0.39 is 17.9 Å². The van der Waals surface area contributed by atoms with E-state index in [-0.39, 0.29) is 11.2 Å². The number of pyridine rings is 1. The molecule has 6 heterocycles. The molecule has 4 aromatic heterocycles. The normalized spacial score (nSPS) is 18.6. The molecule has 0 saturated heterocycles. The second-order valence-corrected chi connectivity index (χ2v) is 8.92. The number of aromatic nitrogens is 9. The van der Waals surface area contributed by atoms with Crippen LogP contribution in [0.4, 0.5) is 13.2 Å². The Bertz CT molecular complexity index is 1430. The number of hydrogen-bond acceptors (Lipinski definition) is 5. The third-order valence-electron chi connectivity index (χ3n) is 5.83. The van der Waals surface area contributed by atoms with E-state index in [1.807, 2.05) is 22.9 Å². The van der Waals surface area contributed by atoms with Crippen molar-refractivity contribution in [3.05, 3.63) is 54.1 Å². The van der Waals surface area contributed by atoms with Gasteiger partial charge in [0.2, 0.25) is 11.6 Å². The van der Waals surface area contributed by atoms with E-state index in [4.69, 9.17) is 0 Å². The minimum Gasteiger partial charge on any atom is -0.251 e. The summed E-state index contributed by atoms with van der Waals surface area (Å²) in [6, 6.07) is 3.95. The summed E-state index contributed by atoms with van der Waals surface area (Å²) in [7, 11) is 0. The maximum Gasteiger partial charge on any atom is 0.586 e. The average Bonchev–Trinajstić information content (AvgIpc) is 3.42. The van der Waals surface area contributed by atoms with Gasteiger partial charge in [0.15, 0.2) is 12.4 Å². The first-order chi connectivity index (χ1) is 15.0. The first-order valence-corrected chi connectivity index (χ1v) is 9.95. The highest BCUT2D eigenvalue weighted by Crippen LogP contribution is 2.38. The first kappa shape index (κ1) is 19.0. The zero-order valence-electron chi connectivity index (χ0n) is 17.6. The Morgan fingerprint density at radius 3 is 2.34 bits per heavy atom. The van der Waals surface area contributed by atoms with E-state index in [2.05, 4.69) is 45.9 Å². The fraction of sp³-hybridized carbons (Fsp3) is 0.350. The monoisotopic (exact) mass is 441 g/mol. The fourth-order valence-corrected chi connectivity index (χ4v) is 4.40. The van der Waals surface area contributed by atoms with Crippen LogP contribution in [0.15, 0.2) is 36.9 Å². The van der Waals surface area contributed by atoms with E-state index in [0.29, 0.717) is 23.0 Å². The van der Waals surface area contributed by atoms with Gasteiger partial charge in [0.05, 0.1) is 6.20 Å². The number of fused-ring (bicyclic) bond motifs is 10. The highest BCUT2D eigenvalue weighted by Gasteiger charge is 2.71. The molecule has 9 nitrogen and oxygen atoms in total. The molecule has 0 saturated carbocycles. The maximum absolute atomic E-state index is 13.6. The third-order valence-corrected chi connectivity index (χ3v) is 5.83. The molecule has 2 aliphatic heterocycles. The average molecular weight is 441 g/mol. The highest BCUT2D eigenvalue weighted by molar-refractivity contribution is 5.52. The van der Waals surface area contributed by atoms with Crippen molar-refractivity contribution >= 4 is 0 Å². The van der Waals surface area contributed by atoms with Gasteiger partial charge in [-0.05, 0) is 17.9 Å². The van der Waals surface area contributed by atoms with Crippen molar-refractivity contribution < 1.29 is 22.3 Å². The molecule has 4 aromatic rings. The molecule has 1 atom stereocenters. The molecule has 162 valence electrons. The van der Waals surface area contributed by atoms with E-state index in [1.165, 1.54) is 10.9 Å². The van der Waals surface area contributed by atoms with Gasteiger partial charge in [0, 0.05) is 12.1 Å². The predicted molar refractivity (Wildman–Crippen MR) is 102 cm³/mol. The van der Waals surface area contributed by atoms with Crippen LogP contribution in [-0.4, -0.2) is 34.5 Å². The summed E-state index contributed by atoms with van der Waals surface area (Å²) in [5.41, 5.74) is 2.01. The van der Waals surface area contributed by atoms with Crippen LogP contribution < -0.4 is 9.13 Å². The lowest BCUT2D eigenvalue weighted by molar-refractivity contribution is -0.990. The van der Waals surface area contributed by atoms with E-state index >= 15 is 0 Å². The van der Waals surface area contributed by atoms with Crippen molar-refractivity contribution in [3.8, 4) is 23.0 Å². The van der Waals surface area contributed by atoms with Gasteiger partial charge in [0.25, 0.3) is 17.2 Å². The smallest absolute Gasteiger partial charge is 0.251 e. The highest BCUT2D eigenvalue weighted by atomic mass is 19.4. The Morgan fingerprint density at radius 1 is 0.938 bits per heavy atom. The second-order valence-electron chi connectivity index (χ2n) is 8.92. The molecule has 32 heavy (non-hydrogen) atoms. The fourth-order valence-electron chi connectivity index (χ4n) is 4.40. The van der Waals surface area contributed by atoms with Crippen molar-refractivity contribution in [2.24, 2.45) is 0 Å². The van der Waals surface area contributed by atoms with Crippen molar-refractivity contribution in [2.45, 2.75) is 45.2 Å². The molecule has 1 spiro atoms. The number of halogens is 3. The maximum atomic E-state index is 13.6. The summed E-state index contributed by atoms with van der Waals surface area (Å²) in [4.78, 5) is 12.5. The number of aryl methyl sites for hydroxylation is 1. The van der Waals surface area contributed by atoms with Gasteiger partial charge in [-0.1, -0.05) is 39.3 Å². The molecule has 0 amide bonds. The summed E-state index contributed by atoms with van der Waals surface area (Å²) < 4.78 is 47.1. The standard InChI is InChI=1S/C20H18F3N9/c1-11-25-15-13-9-12(18(2,3)4)5-7-29(13)20(31(15)27-11)30-8-6-24-10-14(30)16-26-17(19(21,22)23)28-32(16)20/h5-10H,1-4H3/q+2. The molecule has 6 rings (SSSR count). The Labute approximate surface area is 179 Å². The van der Waals surface area contributed by atoms with Gasteiger partial charge in [0.1, 0.15) is 12.0 Å². The zero-order chi connectivity index (χ0) is 22.6. The molecule has 0 fully saturated rings. The Morgan fingerprint density at radius 2 is 1.62 bits per heavy atom. The van der Waals surface area contributed by atoms with Gasteiger partial charge >= 0.3 is 12.1 Å². The molecule has 1 unspecified atom stereocenters. The van der Waals surface area contributed by atoms with Gasteiger partial charge in [-0.2, -0.15) is 18.2 Å². The molecule has 12 heteroatoms. The minimum absolute atomic E-state index is 0.0461. The molecular weight excluding hydrogens is 423 g/mol. The van der Waals surface area contributed by atoms with Crippen molar-refractivity contribution in [1.82, 2.24) is 34.5 Å². The first-order valence-electron chi connectivity index (χ1n) is 9.95. The number of nitrogens with zero attached hydrogens (tertiary/aromatic N) is 9. The largest absolute Gasteiger partial charge is 0.586 e. The number of rotatable bonds is 0. The molecule has 0 aromatic carbocycles. The van der Waals surface area contributed by atoms with Crippen LogP contribution in [0.2, 0.25) is 0 Å². The van der Waals surface area contributed by atoms with Gasteiger partial charge < -0.3 is 0 Å². The molecule has 0 radical (unpaired) electrons. The Kier molecular flexibility index (Phi) is 3.30. The minimum atomic E-state index is -4.70. The third kappa shape index (κ3) is 2.16. The van der Waals surface area contributed by atoms with Gasteiger partial charge in [-0.3, -0.25) is 4.98 Å². The summed E-state index contributed by atoms with van der Waals surface area (Å²) >= 11 is 0. The van der Waals surface area contributed by atoms with Gasteiger partial charge in [-0.15, -0.1) is 10.2 Å².